The summed E-state index contributed by atoms with van der Waals surface area (Å²) in [6, 6.07) is 1.66. The number of H-pyrrole nitrogens is 1. The minimum Gasteiger partial charge on any atom is -0.425 e. The molecule has 2 aromatic rings. The summed E-state index contributed by atoms with van der Waals surface area (Å²) in [7, 11) is 0. The largest absolute Gasteiger partial charge is 0.425 e. The highest BCUT2D eigenvalue weighted by atomic mass is 32.1. The minimum atomic E-state index is 0.297. The lowest BCUT2D eigenvalue weighted by molar-refractivity contribution is 0.584. The molecule has 11 heavy (non-hydrogen) atoms. The van der Waals surface area contributed by atoms with Gasteiger partial charge in [-0.2, -0.15) is 0 Å². The van der Waals surface area contributed by atoms with Crippen molar-refractivity contribution in [3.63, 3.8) is 0 Å². The lowest BCUT2D eigenvalue weighted by Crippen LogP contribution is -1.85. The van der Waals surface area contributed by atoms with E-state index in [0.29, 0.717) is 21.8 Å². The second kappa shape index (κ2) is 2.06. The van der Waals surface area contributed by atoms with E-state index < -0.39 is 0 Å². The van der Waals surface area contributed by atoms with Gasteiger partial charge in [-0.3, -0.25) is 4.98 Å². The Labute approximate surface area is 67.0 Å². The predicted octanol–water partition coefficient (Wildman–Crippen LogP) is 1.47. The standard InChI is InChI=1S/C6H5N3OS/c7-3-1-2-8-5-4(3)10-6(11)9-5/h1-2H,(H3,7,8,9,11). The number of fused-ring (bicyclic) bond motifs is 1. The number of anilines is 1. The molecule has 2 aromatic heterocycles. The highest BCUT2D eigenvalue weighted by molar-refractivity contribution is 7.71. The molecule has 0 aliphatic carbocycles. The van der Waals surface area contributed by atoms with Crippen LogP contribution in [0.2, 0.25) is 0 Å². The van der Waals surface area contributed by atoms with Crippen molar-refractivity contribution >= 4 is 29.1 Å². The second-order valence-corrected chi connectivity index (χ2v) is 2.46. The van der Waals surface area contributed by atoms with Gasteiger partial charge in [-0.25, -0.2) is 4.98 Å². The summed E-state index contributed by atoms with van der Waals surface area (Å²) in [5.74, 6) is 0. The highest BCUT2D eigenvalue weighted by Crippen LogP contribution is 2.16. The van der Waals surface area contributed by atoms with Gasteiger partial charge < -0.3 is 10.2 Å². The third-order valence-electron chi connectivity index (χ3n) is 1.35. The quantitative estimate of drug-likeness (QED) is 0.583. The minimum absolute atomic E-state index is 0.297. The first-order valence-electron chi connectivity index (χ1n) is 3.00. The first-order valence-corrected chi connectivity index (χ1v) is 3.41. The van der Waals surface area contributed by atoms with Crippen LogP contribution in [-0.4, -0.2) is 9.97 Å². The molecule has 0 spiro atoms. The monoisotopic (exact) mass is 167 g/mol. The lowest BCUT2D eigenvalue weighted by atomic mass is 10.4. The van der Waals surface area contributed by atoms with Crippen molar-refractivity contribution in [2.24, 2.45) is 0 Å². The zero-order valence-electron chi connectivity index (χ0n) is 5.50. The number of aromatic amines is 1. The van der Waals surface area contributed by atoms with E-state index >= 15 is 0 Å². The van der Waals surface area contributed by atoms with Crippen LogP contribution in [0.25, 0.3) is 11.2 Å². The predicted molar refractivity (Wildman–Crippen MR) is 43.6 cm³/mol. The van der Waals surface area contributed by atoms with Crippen LogP contribution in [-0.2, 0) is 0 Å². The summed E-state index contributed by atoms with van der Waals surface area (Å²) < 4.78 is 5.07. The van der Waals surface area contributed by atoms with Crippen LogP contribution in [0.4, 0.5) is 5.69 Å². The number of nitrogen functional groups attached to an aromatic ring is 1. The third-order valence-corrected chi connectivity index (χ3v) is 1.54. The number of nitrogens with two attached hydrogens (primary N) is 1. The van der Waals surface area contributed by atoms with Crippen LogP contribution in [0.1, 0.15) is 0 Å². The van der Waals surface area contributed by atoms with E-state index in [2.05, 4.69) is 9.97 Å². The molecule has 0 aliphatic rings. The Balaban J connectivity index is 3.01. The van der Waals surface area contributed by atoms with Gasteiger partial charge in [-0.15, -0.1) is 0 Å². The fraction of sp³-hybridized carbons (Fsp3) is 0. The molecule has 0 radical (unpaired) electrons. The molecule has 0 amide bonds. The van der Waals surface area contributed by atoms with E-state index in [1.54, 1.807) is 12.3 Å². The Hall–Kier alpha value is -1.36. The number of aromatic nitrogens is 2. The van der Waals surface area contributed by atoms with Gasteiger partial charge in [-0.1, -0.05) is 0 Å². The second-order valence-electron chi connectivity index (χ2n) is 2.09. The Morgan fingerprint density at radius 3 is 3.18 bits per heavy atom. The molecule has 56 valence electrons. The maximum absolute atomic E-state index is 5.57. The van der Waals surface area contributed by atoms with Crippen molar-refractivity contribution < 1.29 is 4.42 Å². The van der Waals surface area contributed by atoms with Crippen molar-refractivity contribution in [3.05, 3.63) is 17.1 Å². The van der Waals surface area contributed by atoms with Crippen molar-refractivity contribution in [2.75, 3.05) is 5.73 Å². The molecule has 5 heteroatoms. The zero-order chi connectivity index (χ0) is 7.84. The lowest BCUT2D eigenvalue weighted by Gasteiger charge is -1.89. The van der Waals surface area contributed by atoms with Gasteiger partial charge >= 0.3 is 0 Å². The molecule has 0 atom stereocenters. The van der Waals surface area contributed by atoms with E-state index in [1.807, 2.05) is 0 Å². The molecule has 0 unspecified atom stereocenters. The van der Waals surface area contributed by atoms with Crippen molar-refractivity contribution in [1.82, 2.24) is 9.97 Å². The Morgan fingerprint density at radius 2 is 2.45 bits per heavy atom. The van der Waals surface area contributed by atoms with Gasteiger partial charge in [0.2, 0.25) is 0 Å². The maximum Gasteiger partial charge on any atom is 0.268 e. The molecule has 0 saturated carbocycles. The Bertz CT molecular complexity index is 444. The maximum atomic E-state index is 5.57. The summed E-state index contributed by atoms with van der Waals surface area (Å²) in [5.41, 5.74) is 7.23. The van der Waals surface area contributed by atoms with Gasteiger partial charge in [0.05, 0.1) is 5.69 Å². The number of rotatable bonds is 0. The topological polar surface area (TPSA) is 67.8 Å². The average molecular weight is 167 g/mol. The molecule has 3 N–H and O–H groups in total. The van der Waals surface area contributed by atoms with Crippen LogP contribution < -0.4 is 5.73 Å². The Morgan fingerprint density at radius 1 is 1.64 bits per heavy atom. The zero-order valence-corrected chi connectivity index (χ0v) is 6.31. The van der Waals surface area contributed by atoms with Gasteiger partial charge in [-0.05, 0) is 18.3 Å². The first-order chi connectivity index (χ1) is 5.27. The number of hydrogen-bond acceptors (Lipinski definition) is 4. The summed E-state index contributed by atoms with van der Waals surface area (Å²) in [5, 5.41) is 0. The van der Waals surface area contributed by atoms with Crippen molar-refractivity contribution in [1.29, 1.82) is 0 Å². The van der Waals surface area contributed by atoms with Crippen LogP contribution >= 0.6 is 12.2 Å². The molecule has 0 saturated heterocycles. The molecular weight excluding hydrogens is 162 g/mol. The molecule has 4 nitrogen and oxygen atoms in total. The van der Waals surface area contributed by atoms with Crippen LogP contribution in [0.5, 0.6) is 0 Å². The molecule has 0 aromatic carbocycles. The van der Waals surface area contributed by atoms with Crippen LogP contribution in [0.15, 0.2) is 16.7 Å². The fourth-order valence-corrected chi connectivity index (χ4v) is 1.05. The van der Waals surface area contributed by atoms with Crippen molar-refractivity contribution in [2.45, 2.75) is 0 Å². The Kier molecular flexibility index (Phi) is 1.19. The highest BCUT2D eigenvalue weighted by Gasteiger charge is 2.01. The molecule has 0 fully saturated rings. The van der Waals surface area contributed by atoms with E-state index in [9.17, 15) is 0 Å². The van der Waals surface area contributed by atoms with E-state index in [-0.39, 0.29) is 0 Å². The number of oxazole rings is 1. The fourth-order valence-electron chi connectivity index (χ4n) is 0.874. The number of nitrogens with one attached hydrogen (secondary N) is 1. The van der Waals surface area contributed by atoms with E-state index in [4.69, 9.17) is 22.4 Å². The summed E-state index contributed by atoms with van der Waals surface area (Å²) in [6.45, 7) is 0. The number of nitrogens with zero attached hydrogens (tertiary/aromatic N) is 1. The smallest absolute Gasteiger partial charge is 0.268 e. The van der Waals surface area contributed by atoms with E-state index in [0.717, 1.165) is 0 Å². The van der Waals surface area contributed by atoms with E-state index in [1.165, 1.54) is 0 Å². The SMILES string of the molecule is Nc1ccnc2[nH]c(=S)oc12. The average Bonchev–Trinajstić information content (AvgIpc) is 2.31. The van der Waals surface area contributed by atoms with Gasteiger partial charge in [0, 0.05) is 6.20 Å². The van der Waals surface area contributed by atoms with Crippen LogP contribution in [0.3, 0.4) is 0 Å². The summed E-state index contributed by atoms with van der Waals surface area (Å²) in [6.07, 6.45) is 1.60. The van der Waals surface area contributed by atoms with Gasteiger partial charge in [0.15, 0.2) is 11.2 Å². The molecule has 0 bridgehead atoms. The first kappa shape index (κ1) is 6.36. The molecule has 2 heterocycles. The summed E-state index contributed by atoms with van der Waals surface area (Å²) in [4.78, 5) is 7.02. The van der Waals surface area contributed by atoms with Gasteiger partial charge in [0.25, 0.3) is 4.84 Å². The normalized spacial score (nSPS) is 10.5. The third kappa shape index (κ3) is 0.894. The van der Waals surface area contributed by atoms with Crippen molar-refractivity contribution in [3.8, 4) is 0 Å². The molecule has 0 aliphatic heterocycles. The number of pyridine rings is 1. The summed E-state index contributed by atoms with van der Waals surface area (Å²) >= 11 is 4.75. The van der Waals surface area contributed by atoms with Crippen LogP contribution in [0, 0.1) is 4.84 Å². The number of hydrogen-bond donors (Lipinski definition) is 2. The molecule has 2 rings (SSSR count). The van der Waals surface area contributed by atoms with Gasteiger partial charge in [0.1, 0.15) is 0 Å². The molecular formula is C6H5N3OS.